The summed E-state index contributed by atoms with van der Waals surface area (Å²) in [6, 6.07) is 13.4. The maximum Gasteiger partial charge on any atom is 0.300 e. The van der Waals surface area contributed by atoms with Gasteiger partial charge in [-0.05, 0) is 50.6 Å². The highest BCUT2D eigenvalue weighted by atomic mass is 16.4. The average molecular weight is 434 g/mol. The van der Waals surface area contributed by atoms with Gasteiger partial charge in [-0.25, -0.2) is 9.97 Å². The smallest absolute Gasteiger partial charge is 0.300 e. The minimum Gasteiger partial charge on any atom is -0.481 e. The number of carboxylic acid groups (broad SMARTS) is 1. The third-order valence-electron chi connectivity index (χ3n) is 5.04. The lowest BCUT2D eigenvalue weighted by atomic mass is 10.1. The van der Waals surface area contributed by atoms with E-state index in [0.717, 1.165) is 41.6 Å². The minimum absolute atomic E-state index is 0.00420. The molecule has 166 valence electrons. The van der Waals surface area contributed by atoms with Crippen LogP contribution in [-0.4, -0.2) is 56.0 Å². The van der Waals surface area contributed by atoms with Crippen LogP contribution in [0.25, 0.3) is 22.6 Å². The van der Waals surface area contributed by atoms with Gasteiger partial charge in [0.1, 0.15) is 0 Å². The van der Waals surface area contributed by atoms with E-state index in [-0.39, 0.29) is 11.9 Å². The Morgan fingerprint density at radius 1 is 1.12 bits per heavy atom. The van der Waals surface area contributed by atoms with Crippen LogP contribution in [-0.2, 0) is 4.79 Å². The van der Waals surface area contributed by atoms with Crippen LogP contribution in [0.3, 0.4) is 0 Å². The van der Waals surface area contributed by atoms with Crippen molar-refractivity contribution in [1.29, 1.82) is 0 Å². The van der Waals surface area contributed by atoms with Crippen molar-refractivity contribution >= 4 is 11.9 Å². The fourth-order valence-electron chi connectivity index (χ4n) is 3.55. The van der Waals surface area contributed by atoms with Crippen molar-refractivity contribution in [3.05, 3.63) is 65.6 Å². The Labute approximate surface area is 187 Å². The van der Waals surface area contributed by atoms with Crippen molar-refractivity contribution in [1.82, 2.24) is 19.9 Å². The minimum atomic E-state index is -0.833. The fraction of sp³-hybridized carbons (Fsp3) is 0.292. The molecule has 0 aliphatic carbocycles. The number of amides is 1. The van der Waals surface area contributed by atoms with Gasteiger partial charge in [-0.15, -0.1) is 0 Å². The topological polar surface area (TPSA) is 122 Å². The zero-order valence-corrected chi connectivity index (χ0v) is 18.4. The summed E-state index contributed by atoms with van der Waals surface area (Å²) in [5.74, 6) is -0.241. The molecule has 3 N–H and O–H groups in total. The SMILES string of the molecule is CC(=O)O.Cc1ccc(-c2ccnc(-c3cccc(C(=O)N4CCC(N)C4)c3)n2)c(C)n1. The molecule has 1 unspecified atom stereocenters. The Bertz CT molecular complexity index is 1130. The first-order valence-corrected chi connectivity index (χ1v) is 10.4. The molecule has 3 heterocycles. The van der Waals surface area contributed by atoms with E-state index in [9.17, 15) is 4.79 Å². The van der Waals surface area contributed by atoms with Crippen LogP contribution in [0.15, 0.2) is 48.7 Å². The van der Waals surface area contributed by atoms with Crippen molar-refractivity contribution in [3.63, 3.8) is 0 Å². The van der Waals surface area contributed by atoms with Gasteiger partial charge in [0.05, 0.1) is 5.69 Å². The first-order chi connectivity index (χ1) is 15.2. The number of likely N-dealkylation sites (tertiary alicyclic amines) is 1. The third kappa shape index (κ3) is 5.73. The van der Waals surface area contributed by atoms with E-state index < -0.39 is 5.97 Å². The van der Waals surface area contributed by atoms with Crippen molar-refractivity contribution in [3.8, 4) is 22.6 Å². The molecule has 1 aliphatic heterocycles. The predicted molar refractivity (Wildman–Crippen MR) is 122 cm³/mol. The first-order valence-electron chi connectivity index (χ1n) is 10.4. The molecule has 0 bridgehead atoms. The van der Waals surface area contributed by atoms with E-state index in [4.69, 9.17) is 20.6 Å². The lowest BCUT2D eigenvalue weighted by molar-refractivity contribution is -0.134. The van der Waals surface area contributed by atoms with Crippen LogP contribution >= 0.6 is 0 Å². The fourth-order valence-corrected chi connectivity index (χ4v) is 3.55. The molecule has 0 spiro atoms. The average Bonchev–Trinajstić information content (AvgIpc) is 3.19. The Kier molecular flexibility index (Phi) is 7.27. The highest BCUT2D eigenvalue weighted by Gasteiger charge is 2.24. The molecule has 8 heteroatoms. The number of aryl methyl sites for hydroxylation is 2. The van der Waals surface area contributed by atoms with E-state index in [1.165, 1.54) is 0 Å². The van der Waals surface area contributed by atoms with Gasteiger partial charge >= 0.3 is 0 Å². The molecule has 1 aromatic carbocycles. The number of rotatable bonds is 3. The predicted octanol–water partition coefficient (Wildman–Crippen LogP) is 3.09. The highest BCUT2D eigenvalue weighted by Crippen LogP contribution is 2.24. The summed E-state index contributed by atoms with van der Waals surface area (Å²) in [5, 5.41) is 7.42. The van der Waals surface area contributed by atoms with Gasteiger partial charge in [0, 0.05) is 60.3 Å². The van der Waals surface area contributed by atoms with Crippen LogP contribution < -0.4 is 5.73 Å². The molecule has 1 aliphatic rings. The zero-order valence-electron chi connectivity index (χ0n) is 18.4. The van der Waals surface area contributed by atoms with Gasteiger partial charge in [-0.2, -0.15) is 0 Å². The molecular weight excluding hydrogens is 406 g/mol. The van der Waals surface area contributed by atoms with Crippen LogP contribution in [0.4, 0.5) is 0 Å². The number of nitrogens with zero attached hydrogens (tertiary/aromatic N) is 4. The van der Waals surface area contributed by atoms with Gasteiger partial charge in [0.15, 0.2) is 5.82 Å². The van der Waals surface area contributed by atoms with E-state index in [2.05, 4.69) is 9.97 Å². The molecule has 0 radical (unpaired) electrons. The monoisotopic (exact) mass is 433 g/mol. The number of carbonyl (C=O) groups is 2. The number of aromatic nitrogens is 3. The van der Waals surface area contributed by atoms with Crippen molar-refractivity contribution < 1.29 is 14.7 Å². The number of carboxylic acids is 1. The van der Waals surface area contributed by atoms with Crippen molar-refractivity contribution in [2.45, 2.75) is 33.2 Å². The van der Waals surface area contributed by atoms with E-state index in [0.29, 0.717) is 24.5 Å². The standard InChI is InChI=1S/C22H23N5O.C2H4O2/c1-14-6-7-19(15(2)25-14)20-8-10-24-21(26-20)16-4-3-5-17(12-16)22(28)27-11-9-18(23)13-27;1-2(3)4/h3-8,10,12,18H,9,11,13,23H2,1-2H3;1H3,(H,3,4). The summed E-state index contributed by atoms with van der Waals surface area (Å²) in [7, 11) is 0. The van der Waals surface area contributed by atoms with E-state index in [1.807, 2.05) is 61.2 Å². The Hall–Kier alpha value is -3.65. The Balaban J connectivity index is 0.000000668. The third-order valence-corrected chi connectivity index (χ3v) is 5.04. The zero-order chi connectivity index (χ0) is 23.3. The van der Waals surface area contributed by atoms with Crippen LogP contribution in [0.5, 0.6) is 0 Å². The van der Waals surface area contributed by atoms with Gasteiger partial charge in [-0.3, -0.25) is 14.6 Å². The molecule has 3 aromatic rings. The van der Waals surface area contributed by atoms with E-state index in [1.54, 1.807) is 6.20 Å². The summed E-state index contributed by atoms with van der Waals surface area (Å²) in [6.07, 6.45) is 2.59. The Morgan fingerprint density at radius 2 is 1.88 bits per heavy atom. The maximum absolute atomic E-state index is 12.8. The number of aliphatic carboxylic acids is 1. The summed E-state index contributed by atoms with van der Waals surface area (Å²) < 4.78 is 0. The number of pyridine rings is 1. The molecule has 1 fully saturated rings. The van der Waals surface area contributed by atoms with Gasteiger partial charge in [-0.1, -0.05) is 12.1 Å². The van der Waals surface area contributed by atoms with Gasteiger partial charge in [0.25, 0.3) is 11.9 Å². The first kappa shape index (κ1) is 23.0. The normalized spacial score (nSPS) is 15.1. The van der Waals surface area contributed by atoms with Crippen LogP contribution in [0.2, 0.25) is 0 Å². The van der Waals surface area contributed by atoms with Gasteiger partial charge < -0.3 is 15.7 Å². The summed E-state index contributed by atoms with van der Waals surface area (Å²) >= 11 is 0. The second kappa shape index (κ2) is 10.1. The number of nitrogens with two attached hydrogens (primary N) is 1. The number of hydrogen-bond donors (Lipinski definition) is 2. The molecule has 1 amide bonds. The quantitative estimate of drug-likeness (QED) is 0.651. The largest absolute Gasteiger partial charge is 0.481 e. The Morgan fingerprint density at radius 3 is 2.53 bits per heavy atom. The molecule has 32 heavy (non-hydrogen) atoms. The number of carbonyl (C=O) groups excluding carboxylic acids is 1. The second-order valence-corrected chi connectivity index (χ2v) is 7.75. The summed E-state index contributed by atoms with van der Waals surface area (Å²) in [5.41, 5.74) is 11.1. The summed E-state index contributed by atoms with van der Waals surface area (Å²) in [4.78, 5) is 37.2. The molecule has 8 nitrogen and oxygen atoms in total. The van der Waals surface area contributed by atoms with Crippen LogP contribution in [0.1, 0.15) is 35.1 Å². The molecule has 4 rings (SSSR count). The van der Waals surface area contributed by atoms with Crippen molar-refractivity contribution in [2.24, 2.45) is 5.73 Å². The van der Waals surface area contributed by atoms with E-state index >= 15 is 0 Å². The molecule has 1 saturated heterocycles. The highest BCUT2D eigenvalue weighted by molar-refractivity contribution is 5.95. The molecule has 1 atom stereocenters. The summed E-state index contributed by atoms with van der Waals surface area (Å²) in [6.45, 7) is 6.34. The maximum atomic E-state index is 12.8. The lowest BCUT2D eigenvalue weighted by Crippen LogP contribution is -2.31. The number of benzene rings is 1. The molecule has 0 saturated carbocycles. The van der Waals surface area contributed by atoms with Crippen molar-refractivity contribution in [2.75, 3.05) is 13.1 Å². The lowest BCUT2D eigenvalue weighted by Gasteiger charge is -2.16. The van der Waals surface area contributed by atoms with Gasteiger partial charge in [0.2, 0.25) is 0 Å². The van der Waals surface area contributed by atoms with Crippen LogP contribution in [0, 0.1) is 13.8 Å². The molecular formula is C24H27N5O3. The number of hydrogen-bond acceptors (Lipinski definition) is 6. The second-order valence-electron chi connectivity index (χ2n) is 7.75. The molecule has 2 aromatic heterocycles.